The van der Waals surface area contributed by atoms with Gasteiger partial charge in [0, 0.05) is 12.2 Å². The summed E-state index contributed by atoms with van der Waals surface area (Å²) in [6.45, 7) is 2.75. The van der Waals surface area contributed by atoms with E-state index in [1.165, 1.54) is 6.07 Å². The highest BCUT2D eigenvalue weighted by Gasteiger charge is 2.14. The molecule has 21 heavy (non-hydrogen) atoms. The summed E-state index contributed by atoms with van der Waals surface area (Å²) < 4.78 is 31.5. The van der Waals surface area contributed by atoms with Gasteiger partial charge in [-0.05, 0) is 42.3 Å². The number of aromatic nitrogens is 1. The summed E-state index contributed by atoms with van der Waals surface area (Å²) in [5.41, 5.74) is 1.67. The average molecular weight is 292 g/mol. The molecule has 0 saturated heterocycles. The number of hydrogen-bond donors (Lipinski definition) is 1. The lowest BCUT2D eigenvalue weighted by Crippen LogP contribution is -2.23. The van der Waals surface area contributed by atoms with E-state index < -0.39 is 11.6 Å². The molecule has 0 bridgehead atoms. The Morgan fingerprint density at radius 2 is 2.00 bits per heavy atom. The summed E-state index contributed by atoms with van der Waals surface area (Å²) in [5.74, 6) is -0.992. The minimum Gasteiger partial charge on any atom is -0.495 e. The van der Waals surface area contributed by atoms with Crippen LogP contribution in [-0.2, 0) is 6.42 Å². The fourth-order valence-corrected chi connectivity index (χ4v) is 2.19. The van der Waals surface area contributed by atoms with Crippen LogP contribution >= 0.6 is 0 Å². The van der Waals surface area contributed by atoms with Crippen LogP contribution in [0.3, 0.4) is 0 Å². The highest BCUT2D eigenvalue weighted by Crippen LogP contribution is 2.22. The van der Waals surface area contributed by atoms with Crippen molar-refractivity contribution in [2.45, 2.75) is 19.4 Å². The van der Waals surface area contributed by atoms with Gasteiger partial charge in [-0.1, -0.05) is 13.0 Å². The van der Waals surface area contributed by atoms with Gasteiger partial charge >= 0.3 is 0 Å². The summed E-state index contributed by atoms with van der Waals surface area (Å²) in [6.07, 6.45) is 3.92. The third kappa shape index (κ3) is 3.98. The van der Waals surface area contributed by atoms with E-state index in [9.17, 15) is 8.78 Å². The van der Waals surface area contributed by atoms with Crippen molar-refractivity contribution < 1.29 is 13.5 Å². The molecule has 2 aromatic rings. The molecule has 112 valence electrons. The molecule has 1 atom stereocenters. The zero-order valence-corrected chi connectivity index (χ0v) is 12.1. The van der Waals surface area contributed by atoms with Crippen molar-refractivity contribution in [2.24, 2.45) is 0 Å². The highest BCUT2D eigenvalue weighted by atomic mass is 19.2. The van der Waals surface area contributed by atoms with Crippen molar-refractivity contribution in [2.75, 3.05) is 13.7 Å². The first-order valence-corrected chi connectivity index (χ1v) is 6.80. The standard InChI is InChI=1S/C16H18F2N2O/c1-3-20-16(12-8-13(21-2)10-19-9-12)7-11-4-5-14(17)15(18)6-11/h4-6,8-10,16,20H,3,7H2,1-2H3. The molecule has 0 saturated carbocycles. The lowest BCUT2D eigenvalue weighted by molar-refractivity contribution is 0.410. The Bertz CT molecular complexity index is 605. The summed E-state index contributed by atoms with van der Waals surface area (Å²) >= 11 is 0. The summed E-state index contributed by atoms with van der Waals surface area (Å²) in [5, 5.41) is 3.32. The molecule has 1 N–H and O–H groups in total. The number of ether oxygens (including phenoxy) is 1. The van der Waals surface area contributed by atoms with Gasteiger partial charge in [0.2, 0.25) is 0 Å². The van der Waals surface area contributed by atoms with Gasteiger partial charge < -0.3 is 10.1 Å². The normalized spacial score (nSPS) is 12.2. The largest absolute Gasteiger partial charge is 0.495 e. The third-order valence-electron chi connectivity index (χ3n) is 3.25. The number of nitrogens with one attached hydrogen (secondary N) is 1. The Kier molecular flexibility index (Phi) is 5.22. The molecule has 0 radical (unpaired) electrons. The molecule has 1 aromatic heterocycles. The van der Waals surface area contributed by atoms with Crippen LogP contribution < -0.4 is 10.1 Å². The number of rotatable bonds is 6. The molecule has 1 heterocycles. The molecule has 1 unspecified atom stereocenters. The number of nitrogens with zero attached hydrogens (tertiary/aromatic N) is 1. The highest BCUT2D eigenvalue weighted by molar-refractivity contribution is 5.28. The minimum atomic E-state index is -0.832. The Labute approximate surface area is 123 Å². The average Bonchev–Trinajstić information content (AvgIpc) is 2.50. The zero-order chi connectivity index (χ0) is 15.2. The molecule has 0 fully saturated rings. The maximum absolute atomic E-state index is 13.3. The molecule has 1 aromatic carbocycles. The van der Waals surface area contributed by atoms with Gasteiger partial charge in [-0.2, -0.15) is 0 Å². The van der Waals surface area contributed by atoms with Crippen LogP contribution in [0.25, 0.3) is 0 Å². The van der Waals surface area contributed by atoms with Crippen LogP contribution in [0.2, 0.25) is 0 Å². The fourth-order valence-electron chi connectivity index (χ4n) is 2.19. The Morgan fingerprint density at radius 3 is 2.67 bits per heavy atom. The molecule has 0 spiro atoms. The maximum atomic E-state index is 13.3. The summed E-state index contributed by atoms with van der Waals surface area (Å²) in [4.78, 5) is 4.13. The van der Waals surface area contributed by atoms with Crippen LogP contribution in [0.1, 0.15) is 24.1 Å². The van der Waals surface area contributed by atoms with Gasteiger partial charge in [-0.3, -0.25) is 4.98 Å². The van der Waals surface area contributed by atoms with E-state index in [1.807, 2.05) is 13.0 Å². The number of methoxy groups -OCH3 is 1. The van der Waals surface area contributed by atoms with Crippen LogP contribution in [0.4, 0.5) is 8.78 Å². The Hall–Kier alpha value is -2.01. The maximum Gasteiger partial charge on any atom is 0.159 e. The molecule has 5 heteroatoms. The Balaban J connectivity index is 2.23. The molecular formula is C16H18F2N2O. The topological polar surface area (TPSA) is 34.2 Å². The van der Waals surface area contributed by atoms with Crippen LogP contribution in [0.15, 0.2) is 36.7 Å². The number of benzene rings is 1. The van der Waals surface area contributed by atoms with Crippen LogP contribution in [0, 0.1) is 11.6 Å². The Morgan fingerprint density at radius 1 is 1.19 bits per heavy atom. The van der Waals surface area contributed by atoms with E-state index in [-0.39, 0.29) is 6.04 Å². The number of halogens is 2. The number of hydrogen-bond acceptors (Lipinski definition) is 3. The molecule has 0 aliphatic carbocycles. The summed E-state index contributed by atoms with van der Waals surface area (Å²) in [6, 6.07) is 5.82. The minimum absolute atomic E-state index is 0.0394. The molecule has 0 amide bonds. The van der Waals surface area contributed by atoms with Crippen molar-refractivity contribution in [3.05, 3.63) is 59.4 Å². The first-order valence-electron chi connectivity index (χ1n) is 6.80. The second-order valence-corrected chi connectivity index (χ2v) is 4.72. The third-order valence-corrected chi connectivity index (χ3v) is 3.25. The smallest absolute Gasteiger partial charge is 0.159 e. The van der Waals surface area contributed by atoms with Gasteiger partial charge in [0.05, 0.1) is 13.3 Å². The van der Waals surface area contributed by atoms with E-state index >= 15 is 0 Å². The number of pyridine rings is 1. The second-order valence-electron chi connectivity index (χ2n) is 4.72. The van der Waals surface area contributed by atoms with Crippen molar-refractivity contribution in [3.8, 4) is 5.75 Å². The molecule has 2 rings (SSSR count). The van der Waals surface area contributed by atoms with Gasteiger partial charge in [-0.25, -0.2) is 8.78 Å². The van der Waals surface area contributed by atoms with Crippen LogP contribution in [-0.4, -0.2) is 18.6 Å². The molecule has 0 aliphatic heterocycles. The van der Waals surface area contributed by atoms with Crippen molar-refractivity contribution in [1.82, 2.24) is 10.3 Å². The predicted molar refractivity (Wildman–Crippen MR) is 77.3 cm³/mol. The van der Waals surface area contributed by atoms with Crippen molar-refractivity contribution in [1.29, 1.82) is 0 Å². The first kappa shape index (κ1) is 15.4. The monoisotopic (exact) mass is 292 g/mol. The fraction of sp³-hybridized carbons (Fsp3) is 0.312. The molecular weight excluding hydrogens is 274 g/mol. The quantitative estimate of drug-likeness (QED) is 0.887. The molecule has 0 aliphatic rings. The van der Waals surface area contributed by atoms with E-state index in [1.54, 1.807) is 25.6 Å². The summed E-state index contributed by atoms with van der Waals surface area (Å²) in [7, 11) is 1.58. The zero-order valence-electron chi connectivity index (χ0n) is 12.1. The lowest BCUT2D eigenvalue weighted by Gasteiger charge is -2.19. The van der Waals surface area contributed by atoms with Crippen LogP contribution in [0.5, 0.6) is 5.75 Å². The van der Waals surface area contributed by atoms with E-state index in [0.717, 1.165) is 23.7 Å². The van der Waals surface area contributed by atoms with E-state index in [4.69, 9.17) is 4.74 Å². The van der Waals surface area contributed by atoms with Crippen molar-refractivity contribution in [3.63, 3.8) is 0 Å². The lowest BCUT2D eigenvalue weighted by atomic mass is 10.00. The second kappa shape index (κ2) is 7.13. The van der Waals surface area contributed by atoms with Crippen molar-refractivity contribution >= 4 is 0 Å². The van der Waals surface area contributed by atoms with Gasteiger partial charge in [0.1, 0.15) is 5.75 Å². The SMILES string of the molecule is CCNC(Cc1ccc(F)c(F)c1)c1cncc(OC)c1. The number of likely N-dealkylation sites (N-methyl/N-ethyl adjacent to an activating group) is 1. The van der Waals surface area contributed by atoms with Gasteiger partial charge in [0.25, 0.3) is 0 Å². The van der Waals surface area contributed by atoms with E-state index in [2.05, 4.69) is 10.3 Å². The predicted octanol–water partition coefficient (Wildman–Crippen LogP) is 3.26. The first-order chi connectivity index (χ1) is 10.1. The van der Waals surface area contributed by atoms with E-state index in [0.29, 0.717) is 12.2 Å². The molecule has 3 nitrogen and oxygen atoms in total. The van der Waals surface area contributed by atoms with Gasteiger partial charge in [-0.15, -0.1) is 0 Å². The van der Waals surface area contributed by atoms with Gasteiger partial charge in [0.15, 0.2) is 11.6 Å².